The lowest BCUT2D eigenvalue weighted by atomic mass is 9.98. The highest BCUT2D eigenvalue weighted by atomic mass is 19.1. The molecule has 0 fully saturated rings. The molecular formula is C25H25FN4O3. The summed E-state index contributed by atoms with van der Waals surface area (Å²) in [5, 5.41) is 0. The van der Waals surface area contributed by atoms with Crippen LogP contribution >= 0.6 is 0 Å². The molecule has 0 spiro atoms. The van der Waals surface area contributed by atoms with Gasteiger partial charge in [-0.3, -0.25) is 0 Å². The lowest BCUT2D eigenvalue weighted by Gasteiger charge is -2.20. The highest BCUT2D eigenvalue weighted by molar-refractivity contribution is 5.74. The molecule has 2 aromatic heterocycles. The van der Waals surface area contributed by atoms with E-state index in [9.17, 15) is 0 Å². The van der Waals surface area contributed by atoms with E-state index in [1.165, 1.54) is 20.3 Å². The summed E-state index contributed by atoms with van der Waals surface area (Å²) in [6, 6.07) is 14.3. The lowest BCUT2D eigenvalue weighted by Crippen LogP contribution is -2.09. The highest BCUT2D eigenvalue weighted by Crippen LogP contribution is 2.37. The number of ether oxygens (including phenoxy) is 3. The molecule has 2 heterocycles. The van der Waals surface area contributed by atoms with Gasteiger partial charge >= 0.3 is 0 Å². The number of hydrogen-bond acceptors (Lipinski definition) is 5. The maximum absolute atomic E-state index is 15.3. The number of nitrogens with one attached hydrogen (secondary N) is 2. The average Bonchev–Trinajstić information content (AvgIpc) is 3.28. The summed E-state index contributed by atoms with van der Waals surface area (Å²) < 4.78 is 32.3. The Balaban J connectivity index is 1.66. The summed E-state index contributed by atoms with van der Waals surface area (Å²) in [4.78, 5) is 14.8. The van der Waals surface area contributed by atoms with Crippen LogP contribution < -0.4 is 9.47 Å². The number of nitrogens with zero attached hydrogens (tertiary/aromatic N) is 2. The van der Waals surface area contributed by atoms with Gasteiger partial charge in [0.15, 0.2) is 11.5 Å². The van der Waals surface area contributed by atoms with Crippen molar-refractivity contribution >= 4 is 11.0 Å². The fourth-order valence-corrected chi connectivity index (χ4v) is 3.59. The van der Waals surface area contributed by atoms with Gasteiger partial charge in [0.25, 0.3) is 0 Å². The quantitative estimate of drug-likeness (QED) is 0.407. The third kappa shape index (κ3) is 4.96. The Hall–Kier alpha value is -3.91. The number of benzene rings is 2. The smallest absolute Gasteiger partial charge is 0.164 e. The van der Waals surface area contributed by atoms with Crippen molar-refractivity contribution in [1.82, 2.24) is 19.9 Å². The monoisotopic (exact) mass is 448 g/mol. The van der Waals surface area contributed by atoms with E-state index in [0.717, 1.165) is 22.2 Å². The van der Waals surface area contributed by atoms with Gasteiger partial charge in [-0.2, -0.15) is 0 Å². The number of H-pyrrole nitrogens is 2. The SMILES string of the molecule is COc1cc(C(OC)c2cnc[nH]cccc2C)c(F)cc1OCc1nc2ccccc2[nH]1. The first-order valence-corrected chi connectivity index (χ1v) is 10.4. The van der Waals surface area contributed by atoms with Crippen LogP contribution in [0.3, 0.4) is 0 Å². The zero-order valence-electron chi connectivity index (χ0n) is 18.6. The largest absolute Gasteiger partial charge is 0.493 e. The van der Waals surface area contributed by atoms with E-state index in [1.807, 2.05) is 43.3 Å². The molecule has 4 aromatic rings. The molecule has 1 unspecified atom stereocenters. The number of para-hydroxylation sites is 2. The summed E-state index contributed by atoms with van der Waals surface area (Å²) in [7, 11) is 3.04. The van der Waals surface area contributed by atoms with Crippen molar-refractivity contribution < 1.29 is 18.6 Å². The van der Waals surface area contributed by atoms with E-state index in [0.29, 0.717) is 17.1 Å². The van der Waals surface area contributed by atoms with E-state index >= 15 is 4.39 Å². The van der Waals surface area contributed by atoms with Crippen LogP contribution in [-0.2, 0) is 11.3 Å². The van der Waals surface area contributed by atoms with Gasteiger partial charge in [-0.15, -0.1) is 0 Å². The second-order valence-electron chi connectivity index (χ2n) is 7.37. The Morgan fingerprint density at radius 3 is 2.67 bits per heavy atom. The summed E-state index contributed by atoms with van der Waals surface area (Å²) in [5.41, 5.74) is 3.68. The number of fused-ring (bicyclic) bond motifs is 1. The van der Waals surface area contributed by atoms with Gasteiger partial charge in [0.05, 0.1) is 24.5 Å². The standard InChI is InChI=1S/C25H25FN4O3/c1-16-7-6-10-27-15-28-13-18(16)25(32-3)17-11-22(31-2)23(12-19(17)26)33-14-24-29-20-8-4-5-9-21(20)30-24/h4-13,15,25H,14H2,1-3H3,(H,27,28)(H,29,30). The molecule has 170 valence electrons. The van der Waals surface area contributed by atoms with E-state index in [1.54, 1.807) is 24.8 Å². The number of aryl methyl sites for hydroxylation is 1. The molecule has 4 rings (SSSR count). The fraction of sp³-hybridized carbons (Fsp3) is 0.200. The van der Waals surface area contributed by atoms with E-state index in [-0.39, 0.29) is 12.4 Å². The van der Waals surface area contributed by atoms with Crippen LogP contribution in [0.25, 0.3) is 11.0 Å². The lowest BCUT2D eigenvalue weighted by molar-refractivity contribution is 0.132. The topological polar surface area (TPSA) is 85.1 Å². The van der Waals surface area contributed by atoms with E-state index in [2.05, 4.69) is 19.9 Å². The minimum absolute atomic E-state index is 0.137. The first kappa shape index (κ1) is 22.3. The van der Waals surface area contributed by atoms with Crippen LogP contribution in [-0.4, -0.2) is 34.2 Å². The van der Waals surface area contributed by atoms with Crippen molar-refractivity contribution in [3.63, 3.8) is 0 Å². The van der Waals surface area contributed by atoms with Crippen molar-refractivity contribution in [3.05, 3.63) is 95.6 Å². The molecule has 7 nitrogen and oxygen atoms in total. The molecule has 0 amide bonds. The maximum Gasteiger partial charge on any atom is 0.164 e. The Kier molecular flexibility index (Phi) is 6.85. The molecule has 1 atom stereocenters. The Labute approximate surface area is 190 Å². The third-order valence-electron chi connectivity index (χ3n) is 5.24. The molecule has 0 aliphatic carbocycles. The molecule has 0 aliphatic heterocycles. The molecule has 0 saturated heterocycles. The molecule has 8 heteroatoms. The zero-order valence-corrected chi connectivity index (χ0v) is 18.6. The Bertz CT molecular complexity index is 1270. The van der Waals surface area contributed by atoms with Crippen LogP contribution in [0.5, 0.6) is 11.5 Å². The minimum atomic E-state index is -0.691. The van der Waals surface area contributed by atoms with Crippen molar-refractivity contribution in [2.75, 3.05) is 14.2 Å². The van der Waals surface area contributed by atoms with E-state index in [4.69, 9.17) is 14.2 Å². The highest BCUT2D eigenvalue weighted by Gasteiger charge is 2.22. The third-order valence-corrected chi connectivity index (χ3v) is 5.24. The van der Waals surface area contributed by atoms with Gasteiger partial charge in [0, 0.05) is 36.7 Å². The fourth-order valence-electron chi connectivity index (χ4n) is 3.59. The second-order valence-corrected chi connectivity index (χ2v) is 7.37. The minimum Gasteiger partial charge on any atom is -0.493 e. The summed E-state index contributed by atoms with van der Waals surface area (Å²) >= 11 is 0. The Morgan fingerprint density at radius 1 is 1.03 bits per heavy atom. The first-order chi connectivity index (χ1) is 16.1. The molecule has 0 saturated carbocycles. The van der Waals surface area contributed by atoms with Crippen molar-refractivity contribution in [2.24, 2.45) is 0 Å². The molecule has 2 N–H and O–H groups in total. The molecular weight excluding hydrogens is 423 g/mol. The molecule has 0 bridgehead atoms. The maximum atomic E-state index is 15.3. The molecule has 2 aromatic carbocycles. The summed E-state index contributed by atoms with van der Waals surface area (Å²) in [5.74, 6) is 0.817. The number of rotatable bonds is 7. The average molecular weight is 448 g/mol. The number of aromatic amines is 2. The number of aromatic nitrogens is 4. The summed E-state index contributed by atoms with van der Waals surface area (Å²) in [6.07, 6.45) is 4.26. The van der Waals surface area contributed by atoms with Gasteiger partial charge < -0.3 is 24.2 Å². The zero-order chi connectivity index (χ0) is 23.2. The number of halogens is 1. The van der Waals surface area contributed by atoms with Gasteiger partial charge in [-0.05, 0) is 36.8 Å². The van der Waals surface area contributed by atoms with Crippen molar-refractivity contribution in [1.29, 1.82) is 0 Å². The molecule has 33 heavy (non-hydrogen) atoms. The van der Waals surface area contributed by atoms with E-state index < -0.39 is 11.9 Å². The van der Waals surface area contributed by atoms with Crippen LogP contribution in [0.15, 0.2) is 67.3 Å². The Morgan fingerprint density at radius 2 is 1.88 bits per heavy atom. The number of imidazole rings is 1. The summed E-state index contributed by atoms with van der Waals surface area (Å²) in [6.45, 7) is 2.06. The predicted molar refractivity (Wildman–Crippen MR) is 123 cm³/mol. The van der Waals surface area contributed by atoms with Gasteiger partial charge in [-0.25, -0.2) is 14.4 Å². The second kappa shape index (κ2) is 10.1. The predicted octanol–water partition coefficient (Wildman–Crippen LogP) is 5.18. The van der Waals surface area contributed by atoms with Crippen molar-refractivity contribution in [3.8, 4) is 11.5 Å². The van der Waals surface area contributed by atoms with Crippen molar-refractivity contribution in [2.45, 2.75) is 19.6 Å². The van der Waals surface area contributed by atoms with Crippen LogP contribution in [0.1, 0.15) is 28.6 Å². The number of methoxy groups -OCH3 is 2. The van der Waals surface area contributed by atoms with Crippen LogP contribution in [0.2, 0.25) is 0 Å². The van der Waals surface area contributed by atoms with Gasteiger partial charge in [-0.1, -0.05) is 18.2 Å². The normalized spacial score (nSPS) is 11.8. The first-order valence-electron chi connectivity index (χ1n) is 10.4. The number of hydrogen-bond donors (Lipinski definition) is 2. The van der Waals surface area contributed by atoms with Crippen LogP contribution in [0.4, 0.5) is 4.39 Å². The van der Waals surface area contributed by atoms with Gasteiger partial charge in [0.2, 0.25) is 0 Å². The van der Waals surface area contributed by atoms with Crippen LogP contribution in [0, 0.1) is 12.7 Å². The molecule has 0 aliphatic rings. The van der Waals surface area contributed by atoms with Gasteiger partial charge in [0.1, 0.15) is 24.4 Å². The molecule has 0 radical (unpaired) electrons.